The van der Waals surface area contributed by atoms with Crippen molar-refractivity contribution in [3.63, 3.8) is 0 Å². The van der Waals surface area contributed by atoms with Crippen LogP contribution in [-0.4, -0.2) is 90.2 Å². The molecular formula is C19H26N4O2. The number of carbonyl (C=O) groups excluding carboxylic acids is 1. The Morgan fingerprint density at radius 3 is 2.76 bits per heavy atom. The van der Waals surface area contributed by atoms with Crippen LogP contribution in [0.4, 0.5) is 0 Å². The number of amides is 1. The van der Waals surface area contributed by atoms with Crippen LogP contribution in [0.25, 0.3) is 10.9 Å². The minimum Gasteiger partial charge on any atom is -0.390 e. The number of aliphatic hydroxyl groups excluding tert-OH is 1. The minimum absolute atomic E-state index is 0.0870. The van der Waals surface area contributed by atoms with Gasteiger partial charge in [-0.3, -0.25) is 14.7 Å². The van der Waals surface area contributed by atoms with E-state index in [1.54, 1.807) is 18.1 Å². The zero-order valence-corrected chi connectivity index (χ0v) is 14.9. The van der Waals surface area contributed by atoms with E-state index in [-0.39, 0.29) is 5.91 Å². The van der Waals surface area contributed by atoms with E-state index < -0.39 is 6.10 Å². The number of piperazine rings is 1. The van der Waals surface area contributed by atoms with Crippen LogP contribution in [0.5, 0.6) is 0 Å². The van der Waals surface area contributed by atoms with E-state index in [2.05, 4.69) is 21.8 Å². The average Bonchev–Trinajstić information content (AvgIpc) is 2.62. The van der Waals surface area contributed by atoms with Crippen molar-refractivity contribution in [2.75, 3.05) is 53.4 Å². The second-order valence-corrected chi connectivity index (χ2v) is 6.82. The second kappa shape index (κ2) is 7.91. The maximum atomic E-state index is 12.8. The highest BCUT2D eigenvalue weighted by Crippen LogP contribution is 2.18. The van der Waals surface area contributed by atoms with Gasteiger partial charge < -0.3 is 14.9 Å². The summed E-state index contributed by atoms with van der Waals surface area (Å²) in [4.78, 5) is 23.2. The highest BCUT2D eigenvalue weighted by molar-refractivity contribution is 6.06. The molecule has 0 saturated carbocycles. The summed E-state index contributed by atoms with van der Waals surface area (Å²) in [5.41, 5.74) is 1.43. The third-order valence-corrected chi connectivity index (χ3v) is 4.77. The number of hydrogen-bond acceptors (Lipinski definition) is 5. The summed E-state index contributed by atoms with van der Waals surface area (Å²) >= 11 is 0. The minimum atomic E-state index is -0.551. The van der Waals surface area contributed by atoms with Crippen LogP contribution in [0.15, 0.2) is 36.5 Å². The lowest BCUT2D eigenvalue weighted by atomic mass is 10.1. The van der Waals surface area contributed by atoms with Gasteiger partial charge in [0.1, 0.15) is 0 Å². The van der Waals surface area contributed by atoms with Crippen LogP contribution in [-0.2, 0) is 0 Å². The molecule has 1 N–H and O–H groups in total. The Morgan fingerprint density at radius 2 is 2.00 bits per heavy atom. The molecule has 1 unspecified atom stereocenters. The first-order chi connectivity index (χ1) is 12.0. The van der Waals surface area contributed by atoms with Gasteiger partial charge in [-0.15, -0.1) is 0 Å². The highest BCUT2D eigenvalue weighted by atomic mass is 16.3. The zero-order valence-electron chi connectivity index (χ0n) is 14.9. The van der Waals surface area contributed by atoms with Gasteiger partial charge in [0.15, 0.2) is 0 Å². The highest BCUT2D eigenvalue weighted by Gasteiger charge is 2.21. The van der Waals surface area contributed by atoms with Gasteiger partial charge in [-0.1, -0.05) is 12.1 Å². The summed E-state index contributed by atoms with van der Waals surface area (Å²) in [6.45, 7) is 4.87. The van der Waals surface area contributed by atoms with Crippen molar-refractivity contribution in [2.24, 2.45) is 0 Å². The maximum absolute atomic E-state index is 12.8. The first-order valence-corrected chi connectivity index (χ1v) is 8.73. The van der Waals surface area contributed by atoms with E-state index in [0.717, 1.165) is 37.1 Å². The summed E-state index contributed by atoms with van der Waals surface area (Å²) in [7, 11) is 3.85. The Morgan fingerprint density at radius 1 is 1.24 bits per heavy atom. The average molecular weight is 342 g/mol. The summed E-state index contributed by atoms with van der Waals surface area (Å²) in [6.07, 6.45) is 1.17. The Labute approximate surface area is 148 Å². The van der Waals surface area contributed by atoms with Crippen LogP contribution in [0.2, 0.25) is 0 Å². The summed E-state index contributed by atoms with van der Waals surface area (Å²) < 4.78 is 0. The molecule has 1 aromatic heterocycles. The Kier molecular flexibility index (Phi) is 5.63. The van der Waals surface area contributed by atoms with E-state index in [1.807, 2.05) is 30.3 Å². The lowest BCUT2D eigenvalue weighted by Crippen LogP contribution is -2.49. The molecular weight excluding hydrogens is 316 g/mol. The molecule has 25 heavy (non-hydrogen) atoms. The lowest BCUT2D eigenvalue weighted by molar-refractivity contribution is 0.0503. The number of pyridine rings is 1. The predicted octanol–water partition coefficient (Wildman–Crippen LogP) is 0.915. The third-order valence-electron chi connectivity index (χ3n) is 4.77. The molecule has 1 aliphatic rings. The first-order valence-electron chi connectivity index (χ1n) is 8.73. The van der Waals surface area contributed by atoms with Gasteiger partial charge in [-0.2, -0.15) is 0 Å². The van der Waals surface area contributed by atoms with Gasteiger partial charge >= 0.3 is 0 Å². The topological polar surface area (TPSA) is 59.9 Å². The number of aromatic nitrogens is 1. The van der Waals surface area contributed by atoms with Gasteiger partial charge in [0.2, 0.25) is 0 Å². The summed E-state index contributed by atoms with van der Waals surface area (Å²) in [6, 6.07) is 9.30. The molecule has 2 heterocycles. The fourth-order valence-corrected chi connectivity index (χ4v) is 3.28. The van der Waals surface area contributed by atoms with Gasteiger partial charge in [-0.25, -0.2) is 0 Å². The van der Waals surface area contributed by atoms with E-state index in [0.29, 0.717) is 18.7 Å². The molecule has 134 valence electrons. The number of hydrogen-bond donors (Lipinski definition) is 1. The lowest BCUT2D eigenvalue weighted by Gasteiger charge is -2.34. The Hall–Kier alpha value is -2.02. The number of β-amino-alcohol motifs (C(OH)–C–C–N with tert-alkyl or cyclic N) is 1. The van der Waals surface area contributed by atoms with Crippen molar-refractivity contribution in [1.29, 1.82) is 0 Å². The van der Waals surface area contributed by atoms with Crippen LogP contribution in [0.1, 0.15) is 10.4 Å². The fourth-order valence-electron chi connectivity index (χ4n) is 3.28. The fraction of sp³-hybridized carbons (Fsp3) is 0.474. The molecule has 1 aliphatic heterocycles. The second-order valence-electron chi connectivity index (χ2n) is 6.82. The standard InChI is InChI=1S/C19H26N4O2/c1-21-9-11-23(12-10-21)14-15(24)13-22(2)19(25)17-5-3-7-18-16(17)6-4-8-20-18/h3-8,15,24H,9-14H2,1-2H3. The van der Waals surface area contributed by atoms with E-state index >= 15 is 0 Å². The van der Waals surface area contributed by atoms with Gasteiger partial charge in [0, 0.05) is 63.5 Å². The van der Waals surface area contributed by atoms with Crippen LogP contribution >= 0.6 is 0 Å². The molecule has 1 aromatic carbocycles. The van der Waals surface area contributed by atoms with Crippen molar-refractivity contribution in [3.05, 3.63) is 42.1 Å². The molecule has 1 amide bonds. The molecule has 2 aromatic rings. The number of aliphatic hydroxyl groups is 1. The molecule has 1 fully saturated rings. The Balaban J connectivity index is 1.62. The molecule has 0 spiro atoms. The number of rotatable bonds is 5. The van der Waals surface area contributed by atoms with Crippen molar-refractivity contribution in [1.82, 2.24) is 19.7 Å². The van der Waals surface area contributed by atoms with Crippen molar-refractivity contribution in [3.8, 4) is 0 Å². The largest absolute Gasteiger partial charge is 0.390 e. The number of fused-ring (bicyclic) bond motifs is 1. The quantitative estimate of drug-likeness (QED) is 0.875. The maximum Gasteiger partial charge on any atom is 0.254 e. The van der Waals surface area contributed by atoms with E-state index in [4.69, 9.17) is 0 Å². The van der Waals surface area contributed by atoms with Crippen LogP contribution in [0, 0.1) is 0 Å². The number of nitrogens with zero attached hydrogens (tertiary/aromatic N) is 4. The van der Waals surface area contributed by atoms with Crippen molar-refractivity contribution in [2.45, 2.75) is 6.10 Å². The number of carbonyl (C=O) groups is 1. The molecule has 0 aliphatic carbocycles. The summed E-state index contributed by atoms with van der Waals surface area (Å²) in [5, 5.41) is 11.2. The van der Waals surface area contributed by atoms with Gasteiger partial charge in [0.25, 0.3) is 5.91 Å². The SMILES string of the molecule is CN1CCN(CC(O)CN(C)C(=O)c2cccc3ncccc23)CC1. The monoisotopic (exact) mass is 342 g/mol. The van der Waals surface area contributed by atoms with Crippen molar-refractivity contribution >= 4 is 16.8 Å². The molecule has 6 heteroatoms. The predicted molar refractivity (Wildman–Crippen MR) is 98.6 cm³/mol. The summed E-state index contributed by atoms with van der Waals surface area (Å²) in [5.74, 6) is -0.0870. The molecule has 0 radical (unpaired) electrons. The molecule has 0 bridgehead atoms. The van der Waals surface area contributed by atoms with Crippen LogP contribution < -0.4 is 0 Å². The number of likely N-dealkylation sites (N-methyl/N-ethyl adjacent to an activating group) is 2. The van der Waals surface area contributed by atoms with Gasteiger partial charge in [-0.05, 0) is 25.2 Å². The third kappa shape index (κ3) is 4.34. The van der Waals surface area contributed by atoms with E-state index in [1.165, 1.54) is 0 Å². The molecule has 1 atom stereocenters. The first kappa shape index (κ1) is 17.8. The molecule has 6 nitrogen and oxygen atoms in total. The normalized spacial score (nSPS) is 17.6. The van der Waals surface area contributed by atoms with Crippen LogP contribution in [0.3, 0.4) is 0 Å². The van der Waals surface area contributed by atoms with Crippen molar-refractivity contribution < 1.29 is 9.90 Å². The Bertz CT molecular complexity index is 723. The zero-order chi connectivity index (χ0) is 17.8. The number of benzene rings is 1. The molecule has 1 saturated heterocycles. The molecule has 3 rings (SSSR count). The smallest absolute Gasteiger partial charge is 0.254 e. The van der Waals surface area contributed by atoms with Gasteiger partial charge in [0.05, 0.1) is 11.6 Å². The van der Waals surface area contributed by atoms with E-state index in [9.17, 15) is 9.90 Å².